The van der Waals surface area contributed by atoms with E-state index in [-0.39, 0.29) is 24.4 Å². The van der Waals surface area contributed by atoms with Gasteiger partial charge in [0.1, 0.15) is 17.7 Å². The third kappa shape index (κ3) is 4.64. The molecule has 1 amide bonds. The van der Waals surface area contributed by atoms with E-state index in [1.165, 1.54) is 0 Å². The van der Waals surface area contributed by atoms with Crippen LogP contribution in [0.5, 0.6) is 0 Å². The van der Waals surface area contributed by atoms with Crippen LogP contribution in [-0.2, 0) is 11.2 Å². The van der Waals surface area contributed by atoms with Gasteiger partial charge in [-0.05, 0) is 24.1 Å². The predicted molar refractivity (Wildman–Crippen MR) is 60.5 cm³/mol. The van der Waals surface area contributed by atoms with Gasteiger partial charge in [0, 0.05) is 12.1 Å². The molecule has 0 heterocycles. The second kappa shape index (κ2) is 6.48. The lowest BCUT2D eigenvalue weighted by Gasteiger charge is -2.15. The lowest BCUT2D eigenvalue weighted by Crippen LogP contribution is -2.45. The molecule has 0 bridgehead atoms. The number of primary amides is 1. The highest BCUT2D eigenvalue weighted by Crippen LogP contribution is 2.10. The Labute approximate surface area is 103 Å². The zero-order valence-corrected chi connectivity index (χ0v) is 9.58. The first-order valence-corrected chi connectivity index (χ1v) is 4.58. The van der Waals surface area contributed by atoms with Gasteiger partial charge in [-0.3, -0.25) is 4.79 Å². The maximum absolute atomic E-state index is 12.8. The van der Waals surface area contributed by atoms with Gasteiger partial charge in [0.05, 0.1) is 0 Å². The zero-order valence-electron chi connectivity index (χ0n) is 8.77. The largest absolute Gasteiger partial charge is 0.382 e. The van der Waals surface area contributed by atoms with Gasteiger partial charge in [0.25, 0.3) is 0 Å². The van der Waals surface area contributed by atoms with E-state index in [1.54, 1.807) is 0 Å². The number of halogens is 3. The second-order valence-electron chi connectivity index (χ2n) is 3.49. The number of carbonyl (C=O) groups is 1. The van der Waals surface area contributed by atoms with Crippen LogP contribution in [-0.4, -0.2) is 23.2 Å². The summed E-state index contributed by atoms with van der Waals surface area (Å²) >= 11 is 0. The van der Waals surface area contributed by atoms with Crippen molar-refractivity contribution in [3.8, 4) is 0 Å². The molecule has 1 rings (SSSR count). The second-order valence-corrected chi connectivity index (χ2v) is 3.49. The van der Waals surface area contributed by atoms with Gasteiger partial charge in [0.2, 0.25) is 5.91 Å². The van der Waals surface area contributed by atoms with Crippen molar-refractivity contribution in [2.24, 2.45) is 11.5 Å². The molecular weight excluding hydrogens is 254 g/mol. The number of amides is 1. The van der Waals surface area contributed by atoms with E-state index in [0.717, 1.165) is 18.2 Å². The van der Waals surface area contributed by atoms with Gasteiger partial charge in [-0.25, -0.2) is 8.78 Å². The van der Waals surface area contributed by atoms with Crippen LogP contribution in [0.4, 0.5) is 8.78 Å². The Morgan fingerprint density at radius 3 is 2.18 bits per heavy atom. The summed E-state index contributed by atoms with van der Waals surface area (Å²) in [5.74, 6) is -2.45. The van der Waals surface area contributed by atoms with Gasteiger partial charge < -0.3 is 16.6 Å². The van der Waals surface area contributed by atoms with Crippen LogP contribution in [0.1, 0.15) is 5.56 Å². The van der Waals surface area contributed by atoms with Gasteiger partial charge in [0.15, 0.2) is 0 Å². The first kappa shape index (κ1) is 15.8. The molecule has 1 aromatic rings. The summed E-state index contributed by atoms with van der Waals surface area (Å²) in [6, 6.07) is 1.89. The summed E-state index contributed by atoms with van der Waals surface area (Å²) in [6.45, 7) is 0. The Balaban J connectivity index is 0.00000256. The Kier molecular flexibility index (Phi) is 6.01. The van der Waals surface area contributed by atoms with E-state index in [0.29, 0.717) is 0 Å². The summed E-state index contributed by atoms with van der Waals surface area (Å²) in [5, 5.41) is 9.21. The minimum absolute atomic E-state index is 0. The predicted octanol–water partition coefficient (Wildman–Crippen LogP) is 0.103. The van der Waals surface area contributed by atoms with Crippen molar-refractivity contribution >= 4 is 18.3 Å². The molecule has 0 aromatic heterocycles. The van der Waals surface area contributed by atoms with Crippen LogP contribution >= 0.6 is 12.4 Å². The van der Waals surface area contributed by atoms with Gasteiger partial charge in [-0.15, -0.1) is 12.4 Å². The van der Waals surface area contributed by atoms with Crippen molar-refractivity contribution in [3.05, 3.63) is 35.4 Å². The number of aliphatic hydroxyl groups excluding tert-OH is 1. The zero-order chi connectivity index (χ0) is 12.3. The van der Waals surface area contributed by atoms with Crippen LogP contribution in [0.2, 0.25) is 0 Å². The minimum atomic E-state index is -1.54. The van der Waals surface area contributed by atoms with E-state index in [9.17, 15) is 18.7 Å². The number of aliphatic hydroxyl groups is 1. The lowest BCUT2D eigenvalue weighted by molar-refractivity contribution is -0.126. The summed E-state index contributed by atoms with van der Waals surface area (Å²) < 4.78 is 25.6. The van der Waals surface area contributed by atoms with E-state index in [2.05, 4.69) is 0 Å². The molecular formula is C10H13ClF2N2O2. The molecule has 0 saturated carbocycles. The number of benzene rings is 1. The average molecular weight is 267 g/mol. The fourth-order valence-electron chi connectivity index (χ4n) is 1.32. The van der Waals surface area contributed by atoms with Crippen molar-refractivity contribution in [1.29, 1.82) is 0 Å². The Morgan fingerprint density at radius 1 is 1.29 bits per heavy atom. The summed E-state index contributed by atoms with van der Waals surface area (Å²) in [5.41, 5.74) is 10.5. The van der Waals surface area contributed by atoms with E-state index < -0.39 is 29.7 Å². The van der Waals surface area contributed by atoms with E-state index >= 15 is 0 Å². The molecule has 2 atom stereocenters. The van der Waals surface area contributed by atoms with Gasteiger partial charge >= 0.3 is 0 Å². The van der Waals surface area contributed by atoms with Crippen molar-refractivity contribution in [2.75, 3.05) is 0 Å². The van der Waals surface area contributed by atoms with E-state index in [1.807, 2.05) is 0 Å². The van der Waals surface area contributed by atoms with Crippen LogP contribution < -0.4 is 11.5 Å². The third-order valence-electron chi connectivity index (χ3n) is 2.09. The molecule has 4 nitrogen and oxygen atoms in total. The quantitative estimate of drug-likeness (QED) is 0.722. The van der Waals surface area contributed by atoms with Crippen molar-refractivity contribution in [3.63, 3.8) is 0 Å². The number of carbonyl (C=O) groups excluding carboxylic acids is 1. The first-order chi connectivity index (χ1) is 7.40. The van der Waals surface area contributed by atoms with Crippen LogP contribution in [0.3, 0.4) is 0 Å². The minimum Gasteiger partial charge on any atom is -0.382 e. The van der Waals surface area contributed by atoms with E-state index in [4.69, 9.17) is 11.5 Å². The van der Waals surface area contributed by atoms with Crippen molar-refractivity contribution in [2.45, 2.75) is 18.6 Å². The highest BCUT2D eigenvalue weighted by Gasteiger charge is 2.20. The molecule has 96 valence electrons. The standard InChI is InChI=1S/C10H12F2N2O2.ClH/c11-6-1-5(2-7(12)4-6)3-8(13)9(15)10(14)16;/h1-2,4,8-9,15H,3,13H2,(H2,14,16);1H/t8-,9?;/m0./s1. The Morgan fingerprint density at radius 2 is 1.76 bits per heavy atom. The monoisotopic (exact) mass is 266 g/mol. The molecule has 0 aliphatic carbocycles. The lowest BCUT2D eigenvalue weighted by atomic mass is 10.0. The smallest absolute Gasteiger partial charge is 0.247 e. The topological polar surface area (TPSA) is 89.3 Å². The van der Waals surface area contributed by atoms with Crippen molar-refractivity contribution in [1.82, 2.24) is 0 Å². The van der Waals surface area contributed by atoms with Crippen LogP contribution in [0.25, 0.3) is 0 Å². The van der Waals surface area contributed by atoms with Crippen molar-refractivity contribution < 1.29 is 18.7 Å². The molecule has 5 N–H and O–H groups in total. The molecule has 0 radical (unpaired) electrons. The van der Waals surface area contributed by atoms with Gasteiger partial charge in [-0.2, -0.15) is 0 Å². The maximum atomic E-state index is 12.8. The summed E-state index contributed by atoms with van der Waals surface area (Å²) in [6.07, 6.45) is -1.58. The Hall–Kier alpha value is -1.24. The molecule has 0 aliphatic heterocycles. The molecule has 0 aliphatic rings. The number of hydrogen-bond acceptors (Lipinski definition) is 3. The number of rotatable bonds is 4. The van der Waals surface area contributed by atoms with Gasteiger partial charge in [-0.1, -0.05) is 0 Å². The van der Waals surface area contributed by atoms with Crippen LogP contribution in [0, 0.1) is 11.6 Å². The average Bonchev–Trinajstić information content (AvgIpc) is 2.14. The number of hydrogen-bond donors (Lipinski definition) is 3. The van der Waals surface area contributed by atoms with Crippen LogP contribution in [0.15, 0.2) is 18.2 Å². The molecule has 0 spiro atoms. The highest BCUT2D eigenvalue weighted by molar-refractivity contribution is 5.85. The molecule has 1 unspecified atom stereocenters. The number of nitrogens with two attached hydrogens (primary N) is 2. The molecule has 0 saturated heterocycles. The Bertz CT molecular complexity index is 384. The third-order valence-corrected chi connectivity index (χ3v) is 2.09. The first-order valence-electron chi connectivity index (χ1n) is 4.58. The molecule has 0 fully saturated rings. The normalized spacial score (nSPS) is 13.6. The summed E-state index contributed by atoms with van der Waals surface area (Å²) in [7, 11) is 0. The molecule has 17 heavy (non-hydrogen) atoms. The highest BCUT2D eigenvalue weighted by atomic mass is 35.5. The summed E-state index contributed by atoms with van der Waals surface area (Å²) in [4.78, 5) is 10.6. The molecule has 1 aromatic carbocycles. The fourth-order valence-corrected chi connectivity index (χ4v) is 1.32. The SMILES string of the molecule is Cl.NC(=O)C(O)[C@@H](N)Cc1cc(F)cc(F)c1. The molecule has 7 heteroatoms. The maximum Gasteiger partial charge on any atom is 0.247 e. The fraction of sp³-hybridized carbons (Fsp3) is 0.300.